The van der Waals surface area contributed by atoms with Gasteiger partial charge in [-0.15, -0.1) is 11.6 Å². The Morgan fingerprint density at radius 1 is 0.552 bits per heavy atom. The Bertz CT molecular complexity index is 1440. The molecule has 0 radical (unpaired) electrons. The fraction of sp³-hybridized carbons (Fsp3) is 0.653. The molecule has 17 nitrogen and oxygen atoms in total. The van der Waals surface area contributed by atoms with Gasteiger partial charge in [0.25, 0.3) is 0 Å². The maximum atomic E-state index is 10.7. The van der Waals surface area contributed by atoms with Crippen molar-refractivity contribution in [3.8, 4) is 0 Å². The molecule has 2 rings (SSSR count). The molecular formula is C49H88ClNO16. The number of ketones is 3. The van der Waals surface area contributed by atoms with Gasteiger partial charge in [0.05, 0.1) is 35.5 Å². The quantitative estimate of drug-likeness (QED) is 0.0760. The molecule has 67 heavy (non-hydrogen) atoms. The van der Waals surface area contributed by atoms with Crippen molar-refractivity contribution >= 4 is 64.8 Å². The zero-order valence-corrected chi connectivity index (χ0v) is 45.3. The van der Waals surface area contributed by atoms with E-state index >= 15 is 0 Å². The van der Waals surface area contributed by atoms with Crippen LogP contribution in [0.2, 0.25) is 0 Å². The molecular weight excluding hydrogens is 894 g/mol. The number of carboxylic acid groups (broad SMARTS) is 1. The lowest BCUT2D eigenvalue weighted by atomic mass is 9.89. The molecule has 0 aromatic carbocycles. The molecule has 0 bridgehead atoms. The van der Waals surface area contributed by atoms with Crippen LogP contribution in [0.4, 0.5) is 0 Å². The van der Waals surface area contributed by atoms with Crippen molar-refractivity contribution in [3.63, 3.8) is 0 Å². The molecule has 2 N–H and O–H groups in total. The van der Waals surface area contributed by atoms with Gasteiger partial charge in [-0.25, -0.2) is 28.8 Å². The van der Waals surface area contributed by atoms with E-state index in [4.69, 9.17) is 10.2 Å². The molecule has 2 fully saturated rings. The third kappa shape index (κ3) is 61.0. The van der Waals surface area contributed by atoms with Crippen LogP contribution in [0.15, 0.2) is 46.6 Å². The minimum atomic E-state index is -1.38. The van der Waals surface area contributed by atoms with Crippen LogP contribution >= 0.6 is 11.6 Å². The van der Waals surface area contributed by atoms with Crippen molar-refractivity contribution in [3.05, 3.63) is 46.6 Å². The van der Waals surface area contributed by atoms with E-state index < -0.39 is 23.5 Å². The molecule has 392 valence electrons. The van der Waals surface area contributed by atoms with E-state index in [1.54, 1.807) is 33.8 Å². The lowest BCUT2D eigenvalue weighted by Gasteiger charge is -2.39. The Labute approximate surface area is 407 Å². The zero-order chi connectivity index (χ0) is 54.8. The molecule has 0 aliphatic heterocycles. The smallest absolute Gasteiger partial charge is 0.374 e. The van der Waals surface area contributed by atoms with E-state index in [9.17, 15) is 43.2 Å². The van der Waals surface area contributed by atoms with Crippen molar-refractivity contribution in [1.29, 1.82) is 0 Å². The number of allylic oxidation sites excluding steroid dienone is 3. The number of aliphatic carboxylic acids is 1. The number of Topliss-reactive ketones (excluding diaryl/α,β-unsaturated/α-hetero) is 3. The normalized spacial score (nSPS) is 11.9. The number of rotatable bonds is 8. The Morgan fingerprint density at radius 3 is 0.985 bits per heavy atom. The van der Waals surface area contributed by atoms with Crippen molar-refractivity contribution < 1.29 is 77.0 Å². The first-order valence-electron chi connectivity index (χ1n) is 21.3. The molecule has 0 aromatic rings. The minimum absolute atomic E-state index is 0.167. The molecule has 0 saturated heterocycles. The molecule has 2 aliphatic rings. The van der Waals surface area contributed by atoms with Crippen molar-refractivity contribution in [2.24, 2.45) is 0 Å². The lowest BCUT2D eigenvalue weighted by molar-refractivity contribution is -0.150. The minimum Gasteiger partial charge on any atom is -0.476 e. The summed E-state index contributed by atoms with van der Waals surface area (Å²) < 4.78 is 21.5. The number of ether oxygens (including phenoxy) is 5. The largest absolute Gasteiger partial charge is 0.476 e. The maximum Gasteiger partial charge on any atom is 0.374 e. The molecule has 2 saturated carbocycles. The van der Waals surface area contributed by atoms with Crippen molar-refractivity contribution in [1.82, 2.24) is 4.90 Å². The van der Waals surface area contributed by atoms with Gasteiger partial charge in [-0.2, -0.15) is 0 Å². The Hall–Kier alpha value is -5.00. The highest BCUT2D eigenvalue weighted by Gasteiger charge is 2.25. The lowest BCUT2D eigenvalue weighted by Crippen LogP contribution is -2.42. The van der Waals surface area contributed by atoms with Gasteiger partial charge in [0.1, 0.15) is 5.78 Å². The van der Waals surface area contributed by atoms with E-state index in [-0.39, 0.29) is 29.7 Å². The predicted molar refractivity (Wildman–Crippen MR) is 265 cm³/mol. The Kier molecular flexibility index (Phi) is 65.3. The summed E-state index contributed by atoms with van der Waals surface area (Å²) in [6.07, 6.45) is 19.3. The maximum absolute atomic E-state index is 10.7. The van der Waals surface area contributed by atoms with Crippen molar-refractivity contribution in [2.45, 2.75) is 159 Å². The Morgan fingerprint density at radius 2 is 0.866 bits per heavy atom. The topological polar surface area (TPSA) is 243 Å². The summed E-state index contributed by atoms with van der Waals surface area (Å²) in [7, 11) is 10.00. The number of carbonyl (C=O) groups excluding carboxylic acids is 8. The van der Waals surface area contributed by atoms with E-state index in [1.807, 2.05) is 27.7 Å². The molecule has 0 aromatic heterocycles. The summed E-state index contributed by atoms with van der Waals surface area (Å²) in [4.78, 5) is 92.5. The van der Waals surface area contributed by atoms with Gasteiger partial charge >= 0.3 is 35.8 Å². The van der Waals surface area contributed by atoms with E-state index in [2.05, 4.69) is 53.8 Å². The van der Waals surface area contributed by atoms with Crippen LogP contribution in [-0.2, 0) is 66.8 Å². The monoisotopic (exact) mass is 982 g/mol. The SMILES string of the molecule is C/C=C(\C)C(=O)OC.C=C(C)C(=O)OC.CC(=O)C(=O)O.CC(C)=O.CCl.CN(C1CCCCC1)C1CCCCC1.CO.COC(=O)C(C)=C(C)C.COC(=O)C(C)=O.COC(=O)C=C(C)C. The summed E-state index contributed by atoms with van der Waals surface area (Å²) in [5.74, 6) is -4.53. The predicted octanol–water partition coefficient (Wildman–Crippen LogP) is 8.55. The van der Waals surface area contributed by atoms with Gasteiger partial charge in [0.15, 0.2) is 0 Å². The molecule has 0 amide bonds. The molecule has 0 heterocycles. The number of carboxylic acids is 1. The number of nitrogens with zero attached hydrogens (tertiary/aromatic N) is 1. The van der Waals surface area contributed by atoms with Gasteiger partial charge in [-0.1, -0.05) is 62.3 Å². The number of methoxy groups -OCH3 is 5. The van der Waals surface area contributed by atoms with Gasteiger partial charge in [0.2, 0.25) is 11.6 Å². The second kappa shape index (κ2) is 55.3. The van der Waals surface area contributed by atoms with E-state index in [1.165, 1.54) is 126 Å². The van der Waals surface area contributed by atoms with Crippen molar-refractivity contribution in [2.75, 3.05) is 56.1 Å². The number of carbonyl (C=O) groups is 9. The van der Waals surface area contributed by atoms with Crippen LogP contribution in [0.3, 0.4) is 0 Å². The first kappa shape index (κ1) is 79.1. The van der Waals surface area contributed by atoms with E-state index in [0.717, 1.165) is 44.2 Å². The number of hydrogen-bond donors (Lipinski definition) is 2. The number of esters is 5. The van der Waals surface area contributed by atoms with Gasteiger partial charge in [-0.05, 0) is 102 Å². The summed E-state index contributed by atoms with van der Waals surface area (Å²) in [5, 5.41) is 14.6. The van der Waals surface area contributed by atoms with Crippen LogP contribution in [-0.4, -0.2) is 136 Å². The van der Waals surface area contributed by atoms with Gasteiger partial charge < -0.3 is 43.6 Å². The molecule has 0 spiro atoms. The summed E-state index contributed by atoms with van der Waals surface area (Å²) >= 11 is 4.64. The van der Waals surface area contributed by atoms with Crippen LogP contribution in [0, 0.1) is 0 Å². The number of aliphatic hydroxyl groups excluding tert-OH is 1. The second-order valence-electron chi connectivity index (χ2n) is 14.7. The molecule has 2 aliphatic carbocycles. The number of hydrogen-bond acceptors (Lipinski definition) is 16. The highest BCUT2D eigenvalue weighted by atomic mass is 35.5. The van der Waals surface area contributed by atoms with Crippen LogP contribution in [0.5, 0.6) is 0 Å². The van der Waals surface area contributed by atoms with Gasteiger partial charge in [-0.3, -0.25) is 9.59 Å². The Balaban J connectivity index is -0.000000100. The second-order valence-corrected chi connectivity index (χ2v) is 14.7. The number of aliphatic hydroxyl groups is 1. The molecule has 18 heteroatoms. The zero-order valence-electron chi connectivity index (χ0n) is 44.5. The number of alkyl halides is 1. The fourth-order valence-electron chi connectivity index (χ4n) is 4.52. The van der Waals surface area contributed by atoms with Crippen LogP contribution in [0.1, 0.15) is 147 Å². The third-order valence-electron chi connectivity index (χ3n) is 8.40. The average Bonchev–Trinajstić information content (AvgIpc) is 3.32. The average molecular weight is 983 g/mol. The highest BCUT2D eigenvalue weighted by molar-refractivity contribution is 6.32. The first-order valence-corrected chi connectivity index (χ1v) is 22.1. The van der Waals surface area contributed by atoms with Crippen LogP contribution < -0.4 is 0 Å². The summed E-state index contributed by atoms with van der Waals surface area (Å²) in [6.45, 7) is 22.9. The molecule has 0 atom stereocenters. The molecule has 0 unspecified atom stereocenters. The van der Waals surface area contributed by atoms with Gasteiger partial charge in [0, 0.05) is 62.2 Å². The van der Waals surface area contributed by atoms with E-state index in [0.29, 0.717) is 16.7 Å². The number of halogens is 1. The standard InChI is InChI=1S/C13H25N.C7H12O2.2C6H10O2.C5H8O2.C4H6O3.C3H4O3.C3H6O.CH3Cl.CH4O/c1-14(12-8-4-2-5-9-12)13-10-6-3-7-11-13;1-5(2)6(3)7(8)9-4;1-5(2)4-6(7)8-3;1-4-5(2)6(7)8-3;1-4(2)5(6)7-3;1-3(5)4(6)7-2;1-2(4)3(5)6;1-3(2)4;2*1-2/h12-13H,2-11H2,1H3;1-4H3;2*4H,1-3H3;1H2,2-3H3;1-2H3;1H3,(H,5,6);1-2H3;1H3;2H,1H3/b;;;5-4+;;;;;;. The third-order valence-corrected chi connectivity index (χ3v) is 8.40. The summed E-state index contributed by atoms with van der Waals surface area (Å²) in [6, 6.07) is 1.85. The first-order chi connectivity index (χ1) is 31.1. The van der Waals surface area contributed by atoms with Crippen LogP contribution in [0.25, 0.3) is 0 Å². The highest BCUT2D eigenvalue weighted by Crippen LogP contribution is 2.28. The summed E-state index contributed by atoms with van der Waals surface area (Å²) in [5.41, 5.74) is 3.73. The fourth-order valence-corrected chi connectivity index (χ4v) is 4.52.